The predicted molar refractivity (Wildman–Crippen MR) is 187 cm³/mol. The highest BCUT2D eigenvalue weighted by Crippen LogP contribution is 2.54. The first-order chi connectivity index (χ1) is 23.9. The van der Waals surface area contributed by atoms with Crippen molar-refractivity contribution in [2.24, 2.45) is 0 Å². The number of carbonyl (C=O) groups excluding carboxylic acids is 2. The van der Waals surface area contributed by atoms with Gasteiger partial charge in [-0.1, -0.05) is 72.3 Å². The zero-order chi connectivity index (χ0) is 34.2. The summed E-state index contributed by atoms with van der Waals surface area (Å²) in [6, 6.07) is 37.0. The summed E-state index contributed by atoms with van der Waals surface area (Å²) in [5, 5.41) is 1.12. The summed E-state index contributed by atoms with van der Waals surface area (Å²) in [6.07, 6.45) is -0.0340. The Morgan fingerprint density at radius 2 is 0.898 bits per heavy atom. The van der Waals surface area contributed by atoms with Gasteiger partial charge in [-0.3, -0.25) is 9.59 Å². The number of esters is 2. The molecule has 49 heavy (non-hydrogen) atoms. The predicted octanol–water partition coefficient (Wildman–Crippen LogP) is 9.39. The van der Waals surface area contributed by atoms with E-state index in [0.29, 0.717) is 38.8 Å². The van der Waals surface area contributed by atoms with Crippen molar-refractivity contribution in [3.8, 4) is 46.0 Å². The lowest BCUT2D eigenvalue weighted by molar-refractivity contribution is -0.134. The van der Waals surface area contributed by atoms with Crippen LogP contribution in [0, 0.1) is 0 Å². The fourth-order valence-corrected chi connectivity index (χ4v) is 5.26. The van der Waals surface area contributed by atoms with Crippen LogP contribution in [0.5, 0.6) is 46.0 Å². The Bertz CT molecular complexity index is 2060. The van der Waals surface area contributed by atoms with E-state index in [9.17, 15) is 9.59 Å². The number of hydrogen-bond acceptors (Lipinski definition) is 8. The third kappa shape index (κ3) is 8.12. The van der Waals surface area contributed by atoms with Gasteiger partial charge in [-0.25, -0.2) is 0 Å². The van der Waals surface area contributed by atoms with Crippen molar-refractivity contribution in [2.45, 2.75) is 12.8 Å². The molecular formula is C40H31ClO8. The Kier molecular flexibility index (Phi) is 10.3. The highest BCUT2D eigenvalue weighted by atomic mass is 35.5. The summed E-state index contributed by atoms with van der Waals surface area (Å²) < 4.78 is 35.8. The van der Waals surface area contributed by atoms with E-state index in [1.807, 2.05) is 60.7 Å². The molecule has 0 saturated heterocycles. The van der Waals surface area contributed by atoms with E-state index in [1.54, 1.807) is 80.9 Å². The molecule has 0 saturated carbocycles. The Morgan fingerprint density at radius 3 is 1.33 bits per heavy atom. The van der Waals surface area contributed by atoms with E-state index in [-0.39, 0.29) is 35.8 Å². The minimum atomic E-state index is -0.559. The van der Waals surface area contributed by atoms with Gasteiger partial charge >= 0.3 is 11.9 Å². The number of ether oxygens (including phenoxy) is 6. The third-order valence-corrected chi connectivity index (χ3v) is 7.70. The van der Waals surface area contributed by atoms with Gasteiger partial charge in [0.15, 0.2) is 11.5 Å². The molecule has 0 N–H and O–H groups in total. The van der Waals surface area contributed by atoms with Crippen LogP contribution in [-0.4, -0.2) is 26.2 Å². The number of benzene rings is 6. The average molecular weight is 675 g/mol. The van der Waals surface area contributed by atoms with E-state index in [1.165, 1.54) is 0 Å². The van der Waals surface area contributed by atoms with Crippen LogP contribution in [0.25, 0.3) is 10.8 Å². The largest absolute Gasteiger partial charge is 0.497 e. The highest BCUT2D eigenvalue weighted by Gasteiger charge is 2.29. The second-order valence-corrected chi connectivity index (χ2v) is 11.3. The monoisotopic (exact) mass is 674 g/mol. The van der Waals surface area contributed by atoms with Crippen molar-refractivity contribution in [1.82, 2.24) is 0 Å². The number of rotatable bonds is 12. The Labute approximate surface area is 288 Å². The van der Waals surface area contributed by atoms with Gasteiger partial charge in [0.05, 0.1) is 27.1 Å². The molecule has 6 rings (SSSR count). The fraction of sp³-hybridized carbons (Fsp3) is 0.100. The molecule has 0 aromatic heterocycles. The number of methoxy groups -OCH3 is 2. The first-order valence-electron chi connectivity index (χ1n) is 15.3. The zero-order valence-corrected chi connectivity index (χ0v) is 27.4. The standard InChI is InChI=1S/C40H31ClO8/c1-44-29-14-18-31(19-15-29)46-39-37(48-35(42)23-26-9-5-3-6-10-26)33-22-13-28(41)25-34(33)38(49-36(43)24-27-11-7-4-8-12-27)40(39)47-32-20-16-30(45-2)17-21-32/h3-22,25H,23-24H2,1-2H3. The Hall–Kier alpha value is -5.99. The van der Waals surface area contributed by atoms with E-state index in [4.69, 9.17) is 40.0 Å². The SMILES string of the molecule is COc1ccc(Oc2c(Oc3ccc(OC)cc3)c(OC(=O)Cc3ccccc3)c3cc(Cl)ccc3c2OC(=O)Cc2ccccc2)cc1. The first-order valence-corrected chi connectivity index (χ1v) is 15.7. The molecule has 8 nitrogen and oxygen atoms in total. The summed E-state index contributed by atoms with van der Waals surface area (Å²) >= 11 is 6.52. The second kappa shape index (κ2) is 15.3. The van der Waals surface area contributed by atoms with Crippen LogP contribution in [0.2, 0.25) is 5.02 Å². The quantitative estimate of drug-likeness (QED) is 0.0937. The normalized spacial score (nSPS) is 10.7. The van der Waals surface area contributed by atoms with Crippen molar-refractivity contribution in [1.29, 1.82) is 0 Å². The van der Waals surface area contributed by atoms with Crippen molar-refractivity contribution in [3.05, 3.63) is 144 Å². The molecule has 0 unspecified atom stereocenters. The van der Waals surface area contributed by atoms with Crippen LogP contribution in [0.4, 0.5) is 0 Å². The molecule has 0 amide bonds. The van der Waals surface area contributed by atoms with Crippen molar-refractivity contribution in [3.63, 3.8) is 0 Å². The highest BCUT2D eigenvalue weighted by molar-refractivity contribution is 6.31. The van der Waals surface area contributed by atoms with Crippen LogP contribution in [0.1, 0.15) is 11.1 Å². The summed E-state index contributed by atoms with van der Waals surface area (Å²) in [5.41, 5.74) is 1.52. The molecule has 0 aliphatic rings. The molecule has 6 aromatic rings. The summed E-state index contributed by atoms with van der Waals surface area (Å²) in [5.74, 6) is 0.911. The molecule has 0 aliphatic carbocycles. The summed E-state index contributed by atoms with van der Waals surface area (Å²) in [6.45, 7) is 0. The van der Waals surface area contributed by atoms with Gasteiger partial charge in [0.1, 0.15) is 23.0 Å². The number of carbonyl (C=O) groups is 2. The maximum Gasteiger partial charge on any atom is 0.315 e. The van der Waals surface area contributed by atoms with Gasteiger partial charge < -0.3 is 28.4 Å². The minimum Gasteiger partial charge on any atom is -0.497 e. The summed E-state index contributed by atoms with van der Waals surface area (Å²) in [4.78, 5) is 27.1. The van der Waals surface area contributed by atoms with Crippen LogP contribution in [0.15, 0.2) is 127 Å². The van der Waals surface area contributed by atoms with Gasteiger partial charge in [-0.05, 0) is 77.9 Å². The maximum absolute atomic E-state index is 13.5. The van der Waals surface area contributed by atoms with Crippen LogP contribution in [0.3, 0.4) is 0 Å². The van der Waals surface area contributed by atoms with Gasteiger partial charge in [0.2, 0.25) is 11.5 Å². The molecule has 0 aliphatic heterocycles. The fourth-order valence-electron chi connectivity index (χ4n) is 5.09. The minimum absolute atomic E-state index is 0.000250. The molecule has 0 fully saturated rings. The Balaban J connectivity index is 1.55. The molecule has 246 valence electrons. The van der Waals surface area contributed by atoms with Crippen molar-refractivity contribution in [2.75, 3.05) is 14.2 Å². The molecule has 9 heteroatoms. The van der Waals surface area contributed by atoms with E-state index in [2.05, 4.69) is 0 Å². The van der Waals surface area contributed by atoms with Gasteiger partial charge in [0, 0.05) is 15.8 Å². The molecule has 0 atom stereocenters. The zero-order valence-electron chi connectivity index (χ0n) is 26.7. The lowest BCUT2D eigenvalue weighted by atomic mass is 10.1. The molecule has 0 spiro atoms. The molecule has 0 bridgehead atoms. The molecular weight excluding hydrogens is 644 g/mol. The maximum atomic E-state index is 13.5. The topological polar surface area (TPSA) is 89.5 Å². The first kappa shape index (κ1) is 32.9. The van der Waals surface area contributed by atoms with Gasteiger partial charge in [-0.15, -0.1) is 0 Å². The van der Waals surface area contributed by atoms with Crippen LogP contribution >= 0.6 is 11.6 Å². The van der Waals surface area contributed by atoms with E-state index < -0.39 is 11.9 Å². The number of halogens is 1. The Morgan fingerprint density at radius 1 is 0.490 bits per heavy atom. The van der Waals surface area contributed by atoms with E-state index in [0.717, 1.165) is 11.1 Å². The molecule has 6 aromatic carbocycles. The number of hydrogen-bond donors (Lipinski definition) is 0. The molecule has 0 heterocycles. The van der Waals surface area contributed by atoms with Gasteiger partial charge in [-0.2, -0.15) is 0 Å². The third-order valence-electron chi connectivity index (χ3n) is 7.46. The van der Waals surface area contributed by atoms with Crippen molar-refractivity contribution < 1.29 is 38.0 Å². The molecule has 0 radical (unpaired) electrons. The average Bonchev–Trinajstić information content (AvgIpc) is 3.12. The smallest absolute Gasteiger partial charge is 0.315 e. The van der Waals surface area contributed by atoms with E-state index >= 15 is 0 Å². The van der Waals surface area contributed by atoms with Crippen LogP contribution in [-0.2, 0) is 22.4 Å². The lowest BCUT2D eigenvalue weighted by Crippen LogP contribution is -2.14. The summed E-state index contributed by atoms with van der Waals surface area (Å²) in [7, 11) is 3.12. The van der Waals surface area contributed by atoms with Crippen molar-refractivity contribution >= 4 is 34.3 Å². The second-order valence-electron chi connectivity index (χ2n) is 10.8. The lowest BCUT2D eigenvalue weighted by Gasteiger charge is -2.22. The van der Waals surface area contributed by atoms with Crippen LogP contribution < -0.4 is 28.4 Å². The number of fused-ring (bicyclic) bond motifs is 1. The van der Waals surface area contributed by atoms with Gasteiger partial charge in [0.25, 0.3) is 0 Å².